The van der Waals surface area contributed by atoms with Crippen LogP contribution in [0, 0.1) is 0 Å². The van der Waals surface area contributed by atoms with Crippen molar-refractivity contribution in [3.05, 3.63) is 71.1 Å². The van der Waals surface area contributed by atoms with Gasteiger partial charge in [-0.3, -0.25) is 9.59 Å². The SMILES string of the molecule is C=CCN(CC=C)S(=O)(=O)c1ccc(C(=O)Nc2sc3c(c2C(N)=O)CCN(C(=O)OCC)C3)cc1. The molecule has 3 amide bonds. The van der Waals surface area contributed by atoms with Crippen molar-refractivity contribution >= 4 is 44.3 Å². The summed E-state index contributed by atoms with van der Waals surface area (Å²) in [7, 11) is -3.81. The second-order valence-corrected chi connectivity index (χ2v) is 10.9. The summed E-state index contributed by atoms with van der Waals surface area (Å²) in [6.45, 7) is 9.97. The number of carbonyl (C=O) groups is 3. The molecular weight excluding hydrogens is 504 g/mol. The molecule has 0 saturated carbocycles. The number of nitrogens with two attached hydrogens (primary N) is 1. The molecule has 0 radical (unpaired) electrons. The van der Waals surface area contributed by atoms with Crippen molar-refractivity contribution in [2.24, 2.45) is 5.73 Å². The summed E-state index contributed by atoms with van der Waals surface area (Å²) in [5, 5.41) is 2.99. The van der Waals surface area contributed by atoms with Gasteiger partial charge >= 0.3 is 6.09 Å². The molecule has 2 heterocycles. The first kappa shape index (κ1) is 27.1. The highest BCUT2D eigenvalue weighted by atomic mass is 32.2. The van der Waals surface area contributed by atoms with Crippen LogP contribution in [0.1, 0.15) is 38.1 Å². The number of benzene rings is 1. The maximum atomic E-state index is 12.9. The lowest BCUT2D eigenvalue weighted by Crippen LogP contribution is -2.36. The monoisotopic (exact) mass is 532 g/mol. The molecule has 0 atom stereocenters. The third-order valence-electron chi connectivity index (χ3n) is 5.48. The number of amides is 3. The van der Waals surface area contributed by atoms with E-state index in [1.165, 1.54) is 57.0 Å². The van der Waals surface area contributed by atoms with E-state index in [9.17, 15) is 22.8 Å². The lowest BCUT2D eigenvalue weighted by atomic mass is 10.0. The predicted molar refractivity (Wildman–Crippen MR) is 138 cm³/mol. The molecule has 3 N–H and O–H groups in total. The van der Waals surface area contributed by atoms with Gasteiger partial charge in [-0.15, -0.1) is 24.5 Å². The summed E-state index contributed by atoms with van der Waals surface area (Å²) >= 11 is 1.17. The van der Waals surface area contributed by atoms with Crippen LogP contribution in [0.2, 0.25) is 0 Å². The number of anilines is 1. The Morgan fingerprint density at radius 2 is 1.83 bits per heavy atom. The first-order valence-corrected chi connectivity index (χ1v) is 13.4. The van der Waals surface area contributed by atoms with E-state index in [0.29, 0.717) is 18.5 Å². The first-order valence-electron chi connectivity index (χ1n) is 11.1. The zero-order chi connectivity index (χ0) is 26.5. The quantitative estimate of drug-likeness (QED) is 0.451. The average Bonchev–Trinajstić information content (AvgIpc) is 3.21. The van der Waals surface area contributed by atoms with Gasteiger partial charge < -0.3 is 20.7 Å². The molecule has 0 bridgehead atoms. The van der Waals surface area contributed by atoms with Crippen LogP contribution < -0.4 is 11.1 Å². The highest BCUT2D eigenvalue weighted by Gasteiger charge is 2.30. The van der Waals surface area contributed by atoms with E-state index in [4.69, 9.17) is 10.5 Å². The molecule has 0 saturated heterocycles. The van der Waals surface area contributed by atoms with E-state index in [0.717, 1.165) is 4.88 Å². The van der Waals surface area contributed by atoms with Crippen LogP contribution in [-0.2, 0) is 27.7 Å². The van der Waals surface area contributed by atoms with Crippen molar-refractivity contribution in [3.63, 3.8) is 0 Å². The number of nitrogens with zero attached hydrogens (tertiary/aromatic N) is 2. The molecule has 12 heteroatoms. The van der Waals surface area contributed by atoms with Crippen LogP contribution in [0.25, 0.3) is 0 Å². The molecule has 36 heavy (non-hydrogen) atoms. The Bertz CT molecular complexity index is 1270. The van der Waals surface area contributed by atoms with Crippen LogP contribution in [0.5, 0.6) is 0 Å². The number of hydrogen-bond donors (Lipinski definition) is 2. The Balaban J connectivity index is 1.82. The van der Waals surface area contributed by atoms with Gasteiger partial charge in [0.2, 0.25) is 10.0 Å². The highest BCUT2D eigenvalue weighted by molar-refractivity contribution is 7.89. The fourth-order valence-corrected chi connectivity index (χ4v) is 6.43. The Labute approximate surface area is 214 Å². The van der Waals surface area contributed by atoms with Crippen molar-refractivity contribution in [3.8, 4) is 0 Å². The van der Waals surface area contributed by atoms with Crippen molar-refractivity contribution in [1.29, 1.82) is 0 Å². The fourth-order valence-electron chi connectivity index (χ4n) is 3.78. The van der Waals surface area contributed by atoms with E-state index < -0.39 is 27.9 Å². The number of fused-ring (bicyclic) bond motifs is 1. The molecule has 1 aromatic carbocycles. The Morgan fingerprint density at radius 1 is 1.19 bits per heavy atom. The van der Waals surface area contributed by atoms with Gasteiger partial charge in [-0.2, -0.15) is 4.31 Å². The minimum absolute atomic E-state index is 0.0196. The van der Waals surface area contributed by atoms with Crippen LogP contribution >= 0.6 is 11.3 Å². The van der Waals surface area contributed by atoms with Gasteiger partial charge in [0.25, 0.3) is 11.8 Å². The minimum atomic E-state index is -3.81. The molecule has 192 valence electrons. The summed E-state index contributed by atoms with van der Waals surface area (Å²) in [6.07, 6.45) is 2.91. The lowest BCUT2D eigenvalue weighted by Gasteiger charge is -2.26. The molecule has 1 aliphatic heterocycles. The molecule has 2 aromatic rings. The Hall–Kier alpha value is -3.48. The van der Waals surface area contributed by atoms with Gasteiger partial charge in [0, 0.05) is 30.1 Å². The van der Waals surface area contributed by atoms with Crippen molar-refractivity contribution < 1.29 is 27.5 Å². The Morgan fingerprint density at radius 3 is 2.39 bits per heavy atom. The van der Waals surface area contributed by atoms with Crippen LogP contribution in [0.4, 0.5) is 9.80 Å². The van der Waals surface area contributed by atoms with Crippen molar-refractivity contribution in [2.75, 3.05) is 31.6 Å². The summed E-state index contributed by atoms with van der Waals surface area (Å²) in [5.74, 6) is -1.21. The van der Waals surface area contributed by atoms with E-state index >= 15 is 0 Å². The van der Waals surface area contributed by atoms with E-state index in [1.54, 1.807) is 6.92 Å². The average molecular weight is 533 g/mol. The molecule has 10 nitrogen and oxygen atoms in total. The van der Waals surface area contributed by atoms with Crippen LogP contribution in [0.15, 0.2) is 54.5 Å². The summed E-state index contributed by atoms with van der Waals surface area (Å²) in [6, 6.07) is 5.47. The zero-order valence-electron chi connectivity index (χ0n) is 19.9. The standard InChI is InChI=1S/C24H28N4O6S2/c1-4-12-28(13-5-2)36(32,33)17-9-7-16(8-10-17)22(30)26-23-20(21(25)29)18-11-14-27(15-19(18)35-23)24(31)34-6-3/h4-5,7-10H,1-2,6,11-15H2,3H3,(H2,25,29)(H,26,30). The van der Waals surface area contributed by atoms with Crippen LogP contribution in [0.3, 0.4) is 0 Å². The normalized spacial score (nSPS) is 13.1. The number of primary amides is 1. The topological polar surface area (TPSA) is 139 Å². The minimum Gasteiger partial charge on any atom is -0.450 e. The fraction of sp³-hybridized carbons (Fsp3) is 0.292. The first-order chi connectivity index (χ1) is 17.1. The van der Waals surface area contributed by atoms with Gasteiger partial charge in [-0.1, -0.05) is 12.2 Å². The number of nitrogens with one attached hydrogen (secondary N) is 1. The number of thiophene rings is 1. The third kappa shape index (κ3) is 5.66. The van der Waals surface area contributed by atoms with E-state index in [1.807, 2.05) is 0 Å². The zero-order valence-corrected chi connectivity index (χ0v) is 21.5. The molecule has 0 spiro atoms. The number of rotatable bonds is 10. The molecular formula is C24H28N4O6S2. The lowest BCUT2D eigenvalue weighted by molar-refractivity contribution is 0.0997. The summed E-state index contributed by atoms with van der Waals surface area (Å²) in [4.78, 5) is 39.5. The van der Waals surface area contributed by atoms with Crippen molar-refractivity contribution in [1.82, 2.24) is 9.21 Å². The maximum Gasteiger partial charge on any atom is 0.410 e. The van der Waals surface area contributed by atoms with Gasteiger partial charge in [0.1, 0.15) is 5.00 Å². The predicted octanol–water partition coefficient (Wildman–Crippen LogP) is 2.98. The van der Waals surface area contributed by atoms with Gasteiger partial charge in [0.05, 0.1) is 23.6 Å². The number of hydrogen-bond acceptors (Lipinski definition) is 7. The second kappa shape index (κ2) is 11.5. The largest absolute Gasteiger partial charge is 0.450 e. The van der Waals surface area contributed by atoms with E-state index in [-0.39, 0.29) is 47.3 Å². The van der Waals surface area contributed by atoms with Gasteiger partial charge in [-0.25, -0.2) is 13.2 Å². The molecule has 0 aliphatic carbocycles. The number of sulfonamides is 1. The van der Waals surface area contributed by atoms with Crippen LogP contribution in [-0.4, -0.2) is 61.8 Å². The number of ether oxygens (including phenoxy) is 1. The molecule has 1 aromatic heterocycles. The third-order valence-corrected chi connectivity index (χ3v) is 8.45. The summed E-state index contributed by atoms with van der Waals surface area (Å²) < 4.78 is 32.0. The Kier molecular flexibility index (Phi) is 8.66. The van der Waals surface area contributed by atoms with Gasteiger partial charge in [-0.05, 0) is 43.2 Å². The highest BCUT2D eigenvalue weighted by Crippen LogP contribution is 2.37. The van der Waals surface area contributed by atoms with E-state index in [2.05, 4.69) is 18.5 Å². The molecule has 1 aliphatic rings. The molecule has 0 unspecified atom stereocenters. The van der Waals surface area contributed by atoms with Gasteiger partial charge in [0.15, 0.2) is 0 Å². The molecule has 0 fully saturated rings. The smallest absolute Gasteiger partial charge is 0.410 e. The van der Waals surface area contributed by atoms with Crippen molar-refractivity contribution in [2.45, 2.75) is 24.8 Å². The molecule has 3 rings (SSSR count). The number of carbonyl (C=O) groups excluding carboxylic acids is 3. The summed E-state index contributed by atoms with van der Waals surface area (Å²) in [5.41, 5.74) is 6.73. The second-order valence-electron chi connectivity index (χ2n) is 7.82. The maximum absolute atomic E-state index is 12.9.